The first kappa shape index (κ1) is 26.2. The zero-order valence-electron chi connectivity index (χ0n) is 19.3. The van der Waals surface area contributed by atoms with Crippen LogP contribution in [0.2, 0.25) is 5.02 Å². The first-order chi connectivity index (χ1) is 16.5. The lowest BCUT2D eigenvalue weighted by Gasteiger charge is -2.18. The van der Waals surface area contributed by atoms with Crippen LogP contribution < -0.4 is 0 Å². The maximum Gasteiger partial charge on any atom is 0.330 e. The number of esters is 1. The van der Waals surface area contributed by atoms with Crippen LogP contribution >= 0.6 is 24.0 Å². The highest BCUT2D eigenvalue weighted by Gasteiger charge is 2.16. The average molecular weight is 511 g/mol. The SMILES string of the molecule is CCOC(=O)/C=C/c1ccc(/C(=C(/CC)c2ccc(F)cc2Cl)c2ccc3[nH]ncc3c2)cc1.Cl. The van der Waals surface area contributed by atoms with Gasteiger partial charge in [0.2, 0.25) is 0 Å². The molecule has 4 aromatic rings. The molecular weight excluding hydrogens is 486 g/mol. The Hall–Kier alpha value is -3.41. The molecule has 0 spiro atoms. The minimum absolute atomic E-state index is 0. The first-order valence-corrected chi connectivity index (χ1v) is 11.4. The van der Waals surface area contributed by atoms with Gasteiger partial charge in [-0.15, -0.1) is 12.4 Å². The van der Waals surface area contributed by atoms with E-state index >= 15 is 0 Å². The van der Waals surface area contributed by atoms with Crippen LogP contribution in [0, 0.1) is 5.82 Å². The molecule has 180 valence electrons. The van der Waals surface area contributed by atoms with Gasteiger partial charge in [0, 0.05) is 11.5 Å². The number of rotatable bonds is 7. The van der Waals surface area contributed by atoms with Crippen molar-refractivity contribution >= 4 is 58.1 Å². The second kappa shape index (κ2) is 11.8. The van der Waals surface area contributed by atoms with Crippen LogP contribution in [0.1, 0.15) is 42.5 Å². The molecule has 0 amide bonds. The Morgan fingerprint density at radius 3 is 2.49 bits per heavy atom. The zero-order valence-corrected chi connectivity index (χ0v) is 20.9. The number of benzene rings is 3. The van der Waals surface area contributed by atoms with Crippen LogP contribution in [0.4, 0.5) is 4.39 Å². The van der Waals surface area contributed by atoms with E-state index < -0.39 is 0 Å². The molecule has 0 aliphatic rings. The zero-order chi connectivity index (χ0) is 24.1. The summed E-state index contributed by atoms with van der Waals surface area (Å²) in [6.07, 6.45) is 5.61. The number of nitrogens with one attached hydrogen (secondary N) is 1. The van der Waals surface area contributed by atoms with Crippen LogP contribution in [0.25, 0.3) is 28.1 Å². The molecule has 1 heterocycles. The lowest BCUT2D eigenvalue weighted by Crippen LogP contribution is -1.98. The standard InChI is InChI=1S/C28H24ClFN2O2.ClH/c1-3-23(24-12-11-22(30)16-25(24)29)28(20-10-13-26-21(15-20)17-31-32-26)19-8-5-18(6-9-19)7-14-27(33)34-4-2;/h5-17H,3-4H2,1-2H3,(H,31,32);1H/b14-7+,28-23+;. The van der Waals surface area contributed by atoms with E-state index in [0.29, 0.717) is 18.1 Å². The van der Waals surface area contributed by atoms with Crippen molar-refractivity contribution in [3.63, 3.8) is 0 Å². The molecule has 0 aliphatic carbocycles. The average Bonchev–Trinajstić information content (AvgIpc) is 3.30. The predicted octanol–water partition coefficient (Wildman–Crippen LogP) is 7.72. The summed E-state index contributed by atoms with van der Waals surface area (Å²) in [6, 6.07) is 18.5. The molecule has 0 fully saturated rings. The Kier molecular flexibility index (Phi) is 8.85. The Morgan fingerprint density at radius 2 is 1.80 bits per heavy atom. The summed E-state index contributed by atoms with van der Waals surface area (Å²) in [4.78, 5) is 11.6. The van der Waals surface area contributed by atoms with Crippen LogP contribution in [0.5, 0.6) is 0 Å². The molecule has 0 radical (unpaired) electrons. The number of fused-ring (bicyclic) bond motifs is 1. The van der Waals surface area contributed by atoms with Gasteiger partial charge >= 0.3 is 5.97 Å². The largest absolute Gasteiger partial charge is 0.463 e. The van der Waals surface area contributed by atoms with Crippen LogP contribution in [-0.4, -0.2) is 22.8 Å². The summed E-state index contributed by atoms with van der Waals surface area (Å²) in [5, 5.41) is 8.47. The molecule has 1 N–H and O–H groups in total. The lowest BCUT2D eigenvalue weighted by molar-refractivity contribution is -0.137. The molecule has 0 atom stereocenters. The lowest BCUT2D eigenvalue weighted by atomic mass is 9.87. The highest BCUT2D eigenvalue weighted by Crippen LogP contribution is 2.38. The Labute approximate surface area is 214 Å². The number of aromatic nitrogens is 2. The summed E-state index contributed by atoms with van der Waals surface area (Å²) in [6.45, 7) is 4.17. The number of nitrogens with zero attached hydrogens (tertiary/aromatic N) is 1. The molecule has 7 heteroatoms. The summed E-state index contributed by atoms with van der Waals surface area (Å²) in [7, 11) is 0. The molecule has 3 aromatic carbocycles. The maximum absolute atomic E-state index is 13.8. The fraction of sp³-hybridized carbons (Fsp3) is 0.143. The van der Waals surface area contributed by atoms with Crippen LogP contribution in [0.15, 0.2) is 72.9 Å². The third-order valence-corrected chi connectivity index (χ3v) is 5.85. The van der Waals surface area contributed by atoms with E-state index in [1.165, 1.54) is 18.2 Å². The Balaban J connectivity index is 0.00000342. The number of ether oxygens (including phenoxy) is 1. The van der Waals surface area contributed by atoms with E-state index in [1.807, 2.05) is 36.4 Å². The highest BCUT2D eigenvalue weighted by molar-refractivity contribution is 6.32. The molecule has 0 unspecified atom stereocenters. The first-order valence-electron chi connectivity index (χ1n) is 11.1. The molecule has 1 aromatic heterocycles. The Bertz CT molecular complexity index is 1390. The molecular formula is C28H25Cl2FN2O2. The van der Waals surface area contributed by atoms with Crippen molar-refractivity contribution in [2.45, 2.75) is 20.3 Å². The number of halogens is 3. The van der Waals surface area contributed by atoms with Crippen molar-refractivity contribution in [3.05, 3.63) is 106 Å². The molecule has 35 heavy (non-hydrogen) atoms. The number of hydrogen-bond donors (Lipinski definition) is 1. The van der Waals surface area contributed by atoms with Gasteiger partial charge in [0.15, 0.2) is 0 Å². The minimum Gasteiger partial charge on any atom is -0.463 e. The van der Waals surface area contributed by atoms with E-state index in [1.54, 1.807) is 25.3 Å². The second-order valence-corrected chi connectivity index (χ2v) is 8.12. The van der Waals surface area contributed by atoms with Crippen molar-refractivity contribution in [3.8, 4) is 0 Å². The molecule has 0 saturated carbocycles. The molecule has 0 bridgehead atoms. The van der Waals surface area contributed by atoms with Gasteiger partial charge in [-0.05, 0) is 77.1 Å². The summed E-state index contributed by atoms with van der Waals surface area (Å²) < 4.78 is 18.7. The van der Waals surface area contributed by atoms with Gasteiger partial charge in [-0.25, -0.2) is 9.18 Å². The summed E-state index contributed by atoms with van der Waals surface area (Å²) in [5.74, 6) is -0.747. The number of allylic oxidation sites excluding steroid dienone is 1. The van der Waals surface area contributed by atoms with Crippen molar-refractivity contribution in [2.24, 2.45) is 0 Å². The topological polar surface area (TPSA) is 55.0 Å². The van der Waals surface area contributed by atoms with Crippen molar-refractivity contribution in [2.75, 3.05) is 6.61 Å². The summed E-state index contributed by atoms with van der Waals surface area (Å²) in [5.41, 5.74) is 6.59. The fourth-order valence-corrected chi connectivity index (χ4v) is 4.25. The van der Waals surface area contributed by atoms with Crippen LogP contribution in [0.3, 0.4) is 0 Å². The number of aromatic amines is 1. The third-order valence-electron chi connectivity index (χ3n) is 5.54. The van der Waals surface area contributed by atoms with E-state index in [4.69, 9.17) is 16.3 Å². The highest BCUT2D eigenvalue weighted by atomic mass is 35.5. The monoisotopic (exact) mass is 510 g/mol. The number of carbonyl (C=O) groups is 1. The maximum atomic E-state index is 13.8. The molecule has 4 nitrogen and oxygen atoms in total. The minimum atomic E-state index is -0.375. The van der Waals surface area contributed by atoms with Crippen molar-refractivity contribution < 1.29 is 13.9 Å². The van der Waals surface area contributed by atoms with Gasteiger partial charge in [0.25, 0.3) is 0 Å². The molecule has 4 rings (SSSR count). The third kappa shape index (κ3) is 5.99. The van der Waals surface area contributed by atoms with Gasteiger partial charge in [0.05, 0.1) is 23.3 Å². The van der Waals surface area contributed by atoms with E-state index in [0.717, 1.165) is 44.3 Å². The summed E-state index contributed by atoms with van der Waals surface area (Å²) >= 11 is 6.48. The predicted molar refractivity (Wildman–Crippen MR) is 143 cm³/mol. The van der Waals surface area contributed by atoms with Gasteiger partial charge < -0.3 is 4.74 Å². The fourth-order valence-electron chi connectivity index (χ4n) is 3.96. The van der Waals surface area contributed by atoms with E-state index in [9.17, 15) is 9.18 Å². The van der Waals surface area contributed by atoms with Gasteiger partial charge in [-0.1, -0.05) is 54.9 Å². The molecule has 0 aliphatic heterocycles. The second-order valence-electron chi connectivity index (χ2n) is 7.71. The van der Waals surface area contributed by atoms with Gasteiger partial charge in [0.1, 0.15) is 5.82 Å². The van der Waals surface area contributed by atoms with Gasteiger partial charge in [-0.3, -0.25) is 5.10 Å². The number of H-pyrrole nitrogens is 1. The number of carbonyl (C=O) groups excluding carboxylic acids is 1. The molecule has 0 saturated heterocycles. The van der Waals surface area contributed by atoms with Crippen LogP contribution in [-0.2, 0) is 9.53 Å². The van der Waals surface area contributed by atoms with E-state index in [-0.39, 0.29) is 24.2 Å². The normalized spacial score (nSPS) is 11.9. The van der Waals surface area contributed by atoms with Crippen molar-refractivity contribution in [1.29, 1.82) is 0 Å². The quantitative estimate of drug-likeness (QED) is 0.157. The Morgan fingerprint density at radius 1 is 1.06 bits per heavy atom. The smallest absolute Gasteiger partial charge is 0.330 e. The van der Waals surface area contributed by atoms with E-state index in [2.05, 4.69) is 23.2 Å². The number of hydrogen-bond acceptors (Lipinski definition) is 3. The van der Waals surface area contributed by atoms with Gasteiger partial charge in [-0.2, -0.15) is 5.10 Å². The van der Waals surface area contributed by atoms with Crippen molar-refractivity contribution in [1.82, 2.24) is 10.2 Å².